The molecule has 0 radical (unpaired) electrons. The summed E-state index contributed by atoms with van der Waals surface area (Å²) in [5.41, 5.74) is 2.76. The van der Waals surface area contributed by atoms with E-state index in [0.29, 0.717) is 0 Å². The molecule has 1 N–H and O–H groups in total. The average molecular weight is 258 g/mol. The molecule has 2 nitrogen and oxygen atoms in total. The Balaban J connectivity index is 1.80. The number of rotatable bonds is 5. The molecule has 0 spiro atoms. The Hall–Kier alpha value is -1.12. The predicted molar refractivity (Wildman–Crippen MR) is 83.4 cm³/mol. The topological polar surface area (TPSA) is 15.3 Å². The molecular formula is C17H26N2. The van der Waals surface area contributed by atoms with Gasteiger partial charge in [0.1, 0.15) is 0 Å². The van der Waals surface area contributed by atoms with E-state index < -0.39 is 0 Å². The first-order valence-corrected chi connectivity index (χ1v) is 7.57. The van der Waals surface area contributed by atoms with Crippen LogP contribution in [0.15, 0.2) is 30.3 Å². The minimum absolute atomic E-state index is 1.07. The first-order valence-electron chi connectivity index (χ1n) is 7.57. The summed E-state index contributed by atoms with van der Waals surface area (Å²) < 4.78 is 0. The molecule has 1 heterocycles. The van der Waals surface area contributed by atoms with E-state index in [9.17, 15) is 0 Å². The molecule has 2 rings (SSSR count). The lowest BCUT2D eigenvalue weighted by molar-refractivity contribution is 0.324. The van der Waals surface area contributed by atoms with Crippen molar-refractivity contribution in [2.75, 3.05) is 32.7 Å². The third-order valence-corrected chi connectivity index (χ3v) is 3.63. The van der Waals surface area contributed by atoms with Crippen molar-refractivity contribution in [3.05, 3.63) is 41.5 Å². The van der Waals surface area contributed by atoms with Crippen LogP contribution in [-0.4, -0.2) is 37.6 Å². The molecule has 19 heavy (non-hydrogen) atoms. The minimum Gasteiger partial charge on any atom is -0.315 e. The van der Waals surface area contributed by atoms with Gasteiger partial charge in [-0.25, -0.2) is 0 Å². The molecule has 104 valence electrons. The van der Waals surface area contributed by atoms with E-state index in [4.69, 9.17) is 0 Å². The second-order valence-corrected chi connectivity index (χ2v) is 5.30. The van der Waals surface area contributed by atoms with Crippen LogP contribution in [0.2, 0.25) is 0 Å². The highest BCUT2D eigenvalue weighted by atomic mass is 15.1. The van der Waals surface area contributed by atoms with Crippen LogP contribution < -0.4 is 5.32 Å². The van der Waals surface area contributed by atoms with E-state index in [-0.39, 0.29) is 0 Å². The van der Waals surface area contributed by atoms with Gasteiger partial charge in [-0.05, 0) is 37.1 Å². The van der Waals surface area contributed by atoms with Crippen molar-refractivity contribution < 1.29 is 0 Å². The number of aryl methyl sites for hydroxylation is 1. The molecule has 0 saturated carbocycles. The van der Waals surface area contributed by atoms with E-state index in [1.807, 2.05) is 0 Å². The molecular weight excluding hydrogens is 232 g/mol. The highest BCUT2D eigenvalue weighted by molar-refractivity contribution is 5.49. The summed E-state index contributed by atoms with van der Waals surface area (Å²) in [6.45, 7) is 7.97. The third-order valence-electron chi connectivity index (χ3n) is 3.63. The Morgan fingerprint density at radius 1 is 1.16 bits per heavy atom. The van der Waals surface area contributed by atoms with Gasteiger partial charge in [-0.2, -0.15) is 0 Å². The molecule has 0 amide bonds. The molecule has 1 aromatic rings. The largest absolute Gasteiger partial charge is 0.315 e. The fourth-order valence-electron chi connectivity index (χ4n) is 2.51. The average Bonchev–Trinajstić information content (AvgIpc) is 2.70. The summed E-state index contributed by atoms with van der Waals surface area (Å²) in [5, 5.41) is 3.44. The molecule has 1 saturated heterocycles. The molecule has 0 atom stereocenters. The van der Waals surface area contributed by atoms with Gasteiger partial charge in [-0.3, -0.25) is 4.90 Å². The predicted octanol–water partition coefficient (Wildman–Crippen LogP) is 2.95. The fourth-order valence-corrected chi connectivity index (χ4v) is 2.51. The molecule has 1 aliphatic rings. The summed E-state index contributed by atoms with van der Waals surface area (Å²) >= 11 is 0. The van der Waals surface area contributed by atoms with E-state index >= 15 is 0 Å². The fraction of sp³-hybridized carbons (Fsp3) is 0.529. The molecule has 1 fully saturated rings. The lowest BCUT2D eigenvalue weighted by Crippen LogP contribution is -2.28. The highest BCUT2D eigenvalue weighted by Gasteiger charge is 2.05. The van der Waals surface area contributed by atoms with Crippen LogP contribution in [0.5, 0.6) is 0 Å². The molecule has 2 heteroatoms. The first-order chi connectivity index (χ1) is 9.38. The minimum atomic E-state index is 1.07. The van der Waals surface area contributed by atoms with Gasteiger partial charge in [0.05, 0.1) is 0 Å². The molecule has 1 aromatic carbocycles. The summed E-state index contributed by atoms with van der Waals surface area (Å²) in [6.07, 6.45) is 8.21. The Kier molecular flexibility index (Phi) is 6.12. The van der Waals surface area contributed by atoms with Crippen molar-refractivity contribution in [1.29, 1.82) is 0 Å². The summed E-state index contributed by atoms with van der Waals surface area (Å²) in [6, 6.07) is 8.95. The molecule has 0 aromatic heterocycles. The van der Waals surface area contributed by atoms with Gasteiger partial charge in [0.25, 0.3) is 0 Å². The number of nitrogens with zero attached hydrogens (tertiary/aromatic N) is 1. The monoisotopic (exact) mass is 258 g/mol. The Labute approximate surface area is 117 Å². The molecule has 0 bridgehead atoms. The van der Waals surface area contributed by atoms with E-state index in [0.717, 1.165) is 13.1 Å². The SMILES string of the molecule is CCCc1ccc(/C=C/CN2CCCNCC2)cc1. The second kappa shape index (κ2) is 8.13. The number of hydrogen-bond acceptors (Lipinski definition) is 2. The summed E-state index contributed by atoms with van der Waals surface area (Å²) in [7, 11) is 0. The zero-order valence-corrected chi connectivity index (χ0v) is 12.1. The second-order valence-electron chi connectivity index (χ2n) is 5.30. The van der Waals surface area contributed by atoms with Crippen molar-refractivity contribution in [2.45, 2.75) is 26.2 Å². The van der Waals surface area contributed by atoms with Gasteiger partial charge in [-0.15, -0.1) is 0 Å². The maximum Gasteiger partial charge on any atom is 0.0167 e. The lowest BCUT2D eigenvalue weighted by atomic mass is 10.1. The van der Waals surface area contributed by atoms with Gasteiger partial charge in [0.2, 0.25) is 0 Å². The Bertz CT molecular complexity index is 373. The van der Waals surface area contributed by atoms with Gasteiger partial charge >= 0.3 is 0 Å². The smallest absolute Gasteiger partial charge is 0.0167 e. The molecule has 0 unspecified atom stereocenters. The number of nitrogens with one attached hydrogen (secondary N) is 1. The zero-order valence-electron chi connectivity index (χ0n) is 12.1. The van der Waals surface area contributed by atoms with Crippen LogP contribution in [0.1, 0.15) is 30.9 Å². The van der Waals surface area contributed by atoms with Crippen molar-refractivity contribution >= 4 is 6.08 Å². The van der Waals surface area contributed by atoms with Crippen molar-refractivity contribution in [2.24, 2.45) is 0 Å². The van der Waals surface area contributed by atoms with Gasteiger partial charge in [0.15, 0.2) is 0 Å². The quantitative estimate of drug-likeness (QED) is 0.873. The van der Waals surface area contributed by atoms with Gasteiger partial charge in [-0.1, -0.05) is 49.8 Å². The Morgan fingerprint density at radius 2 is 2.00 bits per heavy atom. The van der Waals surface area contributed by atoms with Gasteiger partial charge in [0, 0.05) is 19.6 Å². The van der Waals surface area contributed by atoms with Gasteiger partial charge < -0.3 is 5.32 Å². The van der Waals surface area contributed by atoms with Crippen LogP contribution >= 0.6 is 0 Å². The summed E-state index contributed by atoms with van der Waals surface area (Å²) in [4.78, 5) is 2.52. The standard InChI is InChI=1S/C17H26N2/c1-2-5-16-7-9-17(10-8-16)6-3-13-19-14-4-11-18-12-15-19/h3,6-10,18H,2,4-5,11-15H2,1H3/b6-3+. The first kappa shape index (κ1) is 14.3. The molecule has 0 aliphatic carbocycles. The lowest BCUT2D eigenvalue weighted by Gasteiger charge is -2.16. The van der Waals surface area contributed by atoms with Crippen LogP contribution in [0, 0.1) is 0 Å². The van der Waals surface area contributed by atoms with Crippen molar-refractivity contribution in [3.63, 3.8) is 0 Å². The summed E-state index contributed by atoms with van der Waals surface area (Å²) in [5.74, 6) is 0. The maximum atomic E-state index is 3.44. The van der Waals surface area contributed by atoms with E-state index in [1.54, 1.807) is 0 Å². The number of hydrogen-bond donors (Lipinski definition) is 1. The highest BCUT2D eigenvalue weighted by Crippen LogP contribution is 2.08. The van der Waals surface area contributed by atoms with Crippen molar-refractivity contribution in [1.82, 2.24) is 10.2 Å². The molecule has 1 aliphatic heterocycles. The normalized spacial score (nSPS) is 17.7. The van der Waals surface area contributed by atoms with Crippen molar-refractivity contribution in [3.8, 4) is 0 Å². The maximum absolute atomic E-state index is 3.44. The van der Waals surface area contributed by atoms with Crippen LogP contribution in [0.25, 0.3) is 6.08 Å². The third kappa shape index (κ3) is 5.17. The Morgan fingerprint density at radius 3 is 2.79 bits per heavy atom. The van der Waals surface area contributed by atoms with Crippen LogP contribution in [0.3, 0.4) is 0 Å². The van der Waals surface area contributed by atoms with E-state index in [1.165, 1.54) is 50.0 Å². The van der Waals surface area contributed by atoms with E-state index in [2.05, 4.69) is 53.6 Å². The zero-order chi connectivity index (χ0) is 13.3. The van der Waals surface area contributed by atoms with Crippen LogP contribution in [0.4, 0.5) is 0 Å². The number of benzene rings is 1. The van der Waals surface area contributed by atoms with Crippen LogP contribution in [-0.2, 0) is 6.42 Å².